The first-order chi connectivity index (χ1) is 29.7. The molecule has 2 aliphatic heterocycles. The highest BCUT2D eigenvalue weighted by Gasteiger charge is 2.87. The average molecular weight is 882 g/mol. The van der Waals surface area contributed by atoms with Crippen LogP contribution in [0.25, 0.3) is 0 Å². The number of aliphatic hydroxyl groups excluding tert-OH is 1. The number of ketones is 2. The van der Waals surface area contributed by atoms with Gasteiger partial charge in [-0.3, -0.25) is 9.59 Å². The summed E-state index contributed by atoms with van der Waals surface area (Å²) in [7, 11) is 2.22. The lowest BCUT2D eigenvalue weighted by Crippen LogP contribution is -2.66. The predicted molar refractivity (Wildman–Crippen MR) is 238 cm³/mol. The summed E-state index contributed by atoms with van der Waals surface area (Å²) in [5.74, 6) is -2.83. The number of Topliss-reactive ketones (excluding diaryl/α,β-unsaturated/α-hetero) is 1. The molecule has 0 amide bonds. The SMILES string of the molecule is CC1(C)C(=O)C=CC2(C)C1=C(O)C(=O)C1(C)C2CCC2(C)C(c3ccoc3)CC3OC321.CN1CCCC1CCOC(C)(c1ccccc1)c1ccc(Cl)cc1.O=C(O)C=CC(=O)O. The number of nitrogens with zero attached hydrogens (tertiary/aromatic N) is 1. The van der Waals surface area contributed by atoms with Crippen molar-refractivity contribution < 1.29 is 48.4 Å². The van der Waals surface area contributed by atoms with Crippen LogP contribution in [-0.2, 0) is 34.3 Å². The Balaban J connectivity index is 0.000000166. The molecular formula is C51H60ClNO10. The van der Waals surface area contributed by atoms with Crippen LogP contribution < -0.4 is 0 Å². The van der Waals surface area contributed by atoms with E-state index in [1.165, 1.54) is 30.5 Å². The summed E-state index contributed by atoms with van der Waals surface area (Å²) in [6.45, 7) is 14.1. The number of furan rings is 1. The Morgan fingerprint density at radius 3 is 2.19 bits per heavy atom. The summed E-state index contributed by atoms with van der Waals surface area (Å²) in [5, 5.41) is 27.7. The van der Waals surface area contributed by atoms with E-state index in [2.05, 4.69) is 69.1 Å². The molecule has 12 heteroatoms. The van der Waals surface area contributed by atoms with Crippen molar-refractivity contribution in [1.29, 1.82) is 0 Å². The number of halogens is 1. The van der Waals surface area contributed by atoms with Gasteiger partial charge in [0.25, 0.3) is 0 Å². The van der Waals surface area contributed by atoms with Crippen LogP contribution in [-0.4, -0.2) is 81.7 Å². The molecule has 63 heavy (non-hydrogen) atoms. The molecule has 1 spiro atoms. The summed E-state index contributed by atoms with van der Waals surface area (Å²) in [4.78, 5) is 48.3. The minimum absolute atomic E-state index is 0.00527. The molecule has 2 saturated carbocycles. The molecule has 2 saturated heterocycles. The first-order valence-electron chi connectivity index (χ1n) is 21.9. The van der Waals surface area contributed by atoms with E-state index in [1.807, 2.05) is 57.4 Å². The first kappa shape index (κ1) is 46.2. The van der Waals surface area contributed by atoms with Gasteiger partial charge in [-0.2, -0.15) is 0 Å². The number of aliphatic carboxylic acids is 2. The zero-order valence-electron chi connectivity index (χ0n) is 37.2. The fraction of sp³-hybridized carbons (Fsp3) is 0.490. The number of allylic oxidation sites excluding steroid dienone is 4. The number of carboxylic acid groups (broad SMARTS) is 2. The van der Waals surface area contributed by atoms with E-state index >= 15 is 0 Å². The maximum Gasteiger partial charge on any atom is 0.328 e. The molecule has 0 radical (unpaired) electrons. The van der Waals surface area contributed by atoms with Crippen LogP contribution in [0.15, 0.2) is 113 Å². The molecule has 9 rings (SSSR count). The number of carbonyl (C=O) groups excluding carboxylic acids is 2. The van der Waals surface area contributed by atoms with Crippen LogP contribution in [0.4, 0.5) is 0 Å². The van der Waals surface area contributed by atoms with Crippen molar-refractivity contribution in [1.82, 2.24) is 4.90 Å². The number of benzene rings is 2. The van der Waals surface area contributed by atoms with Crippen LogP contribution >= 0.6 is 11.6 Å². The second-order valence-corrected chi connectivity index (χ2v) is 19.8. The van der Waals surface area contributed by atoms with E-state index in [9.17, 15) is 24.3 Å². The molecule has 2 aromatic carbocycles. The number of fused-ring (bicyclic) bond motifs is 3. The Morgan fingerprint density at radius 1 is 0.952 bits per heavy atom. The van der Waals surface area contributed by atoms with Gasteiger partial charge in [0, 0.05) is 40.7 Å². The standard InChI is InChI=1S/C26H30O5.C21H26ClNO.C4H4O4/c1-22(2)17(27)7-9-23(3)16-6-10-24(4)15(14-8-11-30-13-14)12-18-26(24,31-18)25(16,5)21(29)19(28)20(22)23;1-21(17-7-4-3-5-8-17,18-10-12-19(22)13-11-18)24-16-14-20-9-6-15-23(20)2;5-3(6)1-2-4(7)8/h7-9,11,13,15-16,18,28H,6,10,12H2,1-5H3;3-5,7-8,10-13,20H,6,9,14-16H2,1-2H3;1-2H,(H,5,6)(H,7,8). The monoisotopic (exact) mass is 881 g/mol. The smallest absolute Gasteiger partial charge is 0.328 e. The third-order valence-electron chi connectivity index (χ3n) is 15.8. The highest BCUT2D eigenvalue weighted by Crippen LogP contribution is 2.81. The van der Waals surface area contributed by atoms with E-state index in [-0.39, 0.29) is 40.7 Å². The van der Waals surface area contributed by atoms with Gasteiger partial charge in [0.15, 0.2) is 11.5 Å². The van der Waals surface area contributed by atoms with Gasteiger partial charge in [0.1, 0.15) is 11.2 Å². The van der Waals surface area contributed by atoms with Crippen LogP contribution in [0.2, 0.25) is 5.02 Å². The van der Waals surface area contributed by atoms with Gasteiger partial charge in [0.05, 0.1) is 29.5 Å². The number of hydrogen-bond acceptors (Lipinski definition) is 9. The van der Waals surface area contributed by atoms with E-state index in [4.69, 9.17) is 35.7 Å². The van der Waals surface area contributed by atoms with Crippen molar-refractivity contribution in [3.63, 3.8) is 0 Å². The topological polar surface area (TPSA) is 167 Å². The minimum Gasteiger partial charge on any atom is -0.504 e. The van der Waals surface area contributed by atoms with Gasteiger partial charge in [-0.15, -0.1) is 0 Å². The molecule has 0 bridgehead atoms. The second-order valence-electron chi connectivity index (χ2n) is 19.4. The lowest BCUT2D eigenvalue weighted by molar-refractivity contribution is -0.162. The Kier molecular flexibility index (Phi) is 12.4. The van der Waals surface area contributed by atoms with Crippen LogP contribution in [0.5, 0.6) is 0 Å². The van der Waals surface area contributed by atoms with Crippen molar-refractivity contribution in [3.05, 3.63) is 131 Å². The van der Waals surface area contributed by atoms with Crippen LogP contribution in [0.1, 0.15) is 103 Å². The van der Waals surface area contributed by atoms with E-state index in [0.29, 0.717) is 23.8 Å². The Bertz CT molecular complexity index is 2300. The number of likely N-dealkylation sites (tertiary alicyclic amines) is 1. The number of rotatable bonds is 9. The Hall–Kier alpha value is -4.81. The summed E-state index contributed by atoms with van der Waals surface area (Å²) >= 11 is 6.07. The highest BCUT2D eigenvalue weighted by atomic mass is 35.5. The molecule has 9 unspecified atom stereocenters. The Morgan fingerprint density at radius 2 is 1.60 bits per heavy atom. The lowest BCUT2D eigenvalue weighted by Gasteiger charge is -2.62. The maximum absolute atomic E-state index is 14.0. The molecule has 6 aliphatic rings. The van der Waals surface area contributed by atoms with E-state index < -0.39 is 39.4 Å². The molecule has 336 valence electrons. The second kappa shape index (κ2) is 17.0. The molecule has 3 N–H and O–H groups in total. The fourth-order valence-corrected chi connectivity index (χ4v) is 12.7. The largest absolute Gasteiger partial charge is 0.504 e. The van der Waals surface area contributed by atoms with Crippen LogP contribution in [0.3, 0.4) is 0 Å². The molecule has 3 heterocycles. The summed E-state index contributed by atoms with van der Waals surface area (Å²) in [6.07, 6.45) is 14.5. The van der Waals surface area contributed by atoms with Crippen molar-refractivity contribution in [2.75, 3.05) is 20.2 Å². The summed E-state index contributed by atoms with van der Waals surface area (Å²) < 4.78 is 18.4. The van der Waals surface area contributed by atoms with Gasteiger partial charge in [-0.25, -0.2) is 9.59 Å². The van der Waals surface area contributed by atoms with Crippen molar-refractivity contribution in [2.45, 2.75) is 109 Å². The quantitative estimate of drug-likeness (QED) is 0.138. The zero-order chi connectivity index (χ0) is 45.8. The average Bonchev–Trinajstić information content (AvgIpc) is 3.49. The van der Waals surface area contributed by atoms with Gasteiger partial charge in [-0.05, 0) is 138 Å². The number of ether oxygens (including phenoxy) is 2. The van der Waals surface area contributed by atoms with Crippen LogP contribution in [0, 0.1) is 27.6 Å². The number of aliphatic hydroxyl groups is 1. The third kappa shape index (κ3) is 7.62. The van der Waals surface area contributed by atoms with E-state index in [1.54, 1.807) is 12.3 Å². The molecule has 4 fully saturated rings. The third-order valence-corrected chi connectivity index (χ3v) is 16.0. The minimum atomic E-state index is -1.26. The van der Waals surface area contributed by atoms with Gasteiger partial charge >= 0.3 is 11.9 Å². The molecular weight excluding hydrogens is 822 g/mol. The Labute approximate surface area is 374 Å². The number of carboxylic acids is 2. The number of carbonyl (C=O) groups is 4. The fourth-order valence-electron chi connectivity index (χ4n) is 12.5. The zero-order valence-corrected chi connectivity index (χ0v) is 38.0. The van der Waals surface area contributed by atoms with E-state index in [0.717, 1.165) is 42.9 Å². The number of hydrogen-bond donors (Lipinski definition) is 3. The highest BCUT2D eigenvalue weighted by molar-refractivity contribution is 6.30. The molecule has 1 aromatic heterocycles. The molecule has 9 atom stereocenters. The lowest BCUT2D eigenvalue weighted by atomic mass is 9.39. The molecule has 3 aromatic rings. The first-order valence-corrected chi connectivity index (χ1v) is 22.3. The van der Waals surface area contributed by atoms with Crippen molar-refractivity contribution in [3.8, 4) is 0 Å². The van der Waals surface area contributed by atoms with Gasteiger partial charge in [-0.1, -0.05) is 74.0 Å². The predicted octanol–water partition coefficient (Wildman–Crippen LogP) is 9.71. The van der Waals surface area contributed by atoms with Crippen molar-refractivity contribution in [2.24, 2.45) is 27.6 Å². The summed E-state index contributed by atoms with van der Waals surface area (Å²) in [6, 6.07) is 21.1. The van der Waals surface area contributed by atoms with Crippen molar-refractivity contribution >= 4 is 35.1 Å². The maximum atomic E-state index is 14.0. The van der Waals surface area contributed by atoms with Gasteiger partial charge < -0.3 is 34.1 Å². The normalized spacial score (nSPS) is 33.5. The molecule has 4 aliphatic carbocycles. The number of epoxide rings is 1. The van der Waals surface area contributed by atoms with Gasteiger partial charge in [0.2, 0.25) is 5.78 Å². The summed E-state index contributed by atoms with van der Waals surface area (Å²) in [5.41, 5.74) is 0.455. The molecule has 11 nitrogen and oxygen atoms in total.